The lowest BCUT2D eigenvalue weighted by Crippen LogP contribution is -2.07. The molecule has 21 heavy (non-hydrogen) atoms. The van der Waals surface area contributed by atoms with Crippen LogP contribution in [0.5, 0.6) is 0 Å². The molecule has 2 rings (SSSR count). The molecule has 1 amide bonds. The summed E-state index contributed by atoms with van der Waals surface area (Å²) in [6.45, 7) is 0. The molecule has 5 nitrogen and oxygen atoms in total. The summed E-state index contributed by atoms with van der Waals surface area (Å²) in [7, 11) is 0. The van der Waals surface area contributed by atoms with Crippen molar-refractivity contribution in [3.8, 4) is 0 Å². The minimum Gasteiger partial charge on any atom is -0.321 e. The minimum absolute atomic E-state index is 0.00710. The summed E-state index contributed by atoms with van der Waals surface area (Å²) in [5.41, 5.74) is 1.22. The lowest BCUT2D eigenvalue weighted by Gasteiger charge is -2.03. The summed E-state index contributed by atoms with van der Waals surface area (Å²) in [5.74, 6) is -0.332. The number of nitrogens with zero attached hydrogens (tertiary/aromatic N) is 1. The van der Waals surface area contributed by atoms with Crippen LogP contribution in [-0.4, -0.2) is 10.8 Å². The van der Waals surface area contributed by atoms with E-state index in [2.05, 4.69) is 5.32 Å². The van der Waals surface area contributed by atoms with Crippen molar-refractivity contribution in [3.05, 3.63) is 75.3 Å². The Balaban J connectivity index is 2.02. The largest absolute Gasteiger partial charge is 0.321 e. The number of benzene rings is 2. The average molecular weight is 303 g/mol. The van der Waals surface area contributed by atoms with Gasteiger partial charge in [-0.1, -0.05) is 23.7 Å². The van der Waals surface area contributed by atoms with Gasteiger partial charge in [0.25, 0.3) is 5.69 Å². The zero-order chi connectivity index (χ0) is 15.2. The Morgan fingerprint density at radius 2 is 1.81 bits per heavy atom. The van der Waals surface area contributed by atoms with E-state index in [0.717, 1.165) is 0 Å². The number of carbonyl (C=O) groups excluding carboxylic acids is 1. The second-order valence-corrected chi connectivity index (χ2v) is 4.56. The molecule has 0 spiro atoms. The van der Waals surface area contributed by atoms with Crippen molar-refractivity contribution in [1.82, 2.24) is 0 Å². The van der Waals surface area contributed by atoms with Crippen LogP contribution in [0.25, 0.3) is 6.08 Å². The maximum Gasteiger partial charge on any atom is 0.269 e. The molecule has 0 unspecified atom stereocenters. The Kier molecular flexibility index (Phi) is 4.68. The topological polar surface area (TPSA) is 72.2 Å². The second kappa shape index (κ2) is 6.67. The number of hydrogen-bond acceptors (Lipinski definition) is 3. The maximum absolute atomic E-state index is 11.7. The van der Waals surface area contributed by atoms with Crippen LogP contribution in [0.15, 0.2) is 54.6 Å². The minimum atomic E-state index is -0.475. The van der Waals surface area contributed by atoms with Crippen LogP contribution in [0.4, 0.5) is 11.4 Å². The van der Waals surface area contributed by atoms with Crippen LogP contribution in [-0.2, 0) is 4.79 Å². The summed E-state index contributed by atoms with van der Waals surface area (Å²) in [6, 6.07) is 12.8. The van der Waals surface area contributed by atoms with Gasteiger partial charge in [-0.05, 0) is 35.9 Å². The van der Waals surface area contributed by atoms with E-state index in [9.17, 15) is 14.9 Å². The van der Waals surface area contributed by atoms with E-state index < -0.39 is 4.92 Å². The van der Waals surface area contributed by atoms with Gasteiger partial charge < -0.3 is 5.32 Å². The van der Waals surface area contributed by atoms with E-state index in [1.165, 1.54) is 18.2 Å². The number of nitro groups is 1. The molecule has 0 saturated carbocycles. The summed E-state index contributed by atoms with van der Waals surface area (Å²) >= 11 is 5.93. The summed E-state index contributed by atoms with van der Waals surface area (Å²) in [6.07, 6.45) is 2.90. The first-order valence-corrected chi connectivity index (χ1v) is 6.42. The molecule has 1 N–H and O–H groups in total. The summed E-state index contributed by atoms with van der Waals surface area (Å²) < 4.78 is 0. The smallest absolute Gasteiger partial charge is 0.269 e. The number of hydrogen-bond donors (Lipinski definition) is 1. The first-order valence-electron chi connectivity index (χ1n) is 6.04. The van der Waals surface area contributed by atoms with Gasteiger partial charge >= 0.3 is 0 Å². The Labute approximate surface area is 126 Å². The van der Waals surface area contributed by atoms with E-state index in [-0.39, 0.29) is 11.6 Å². The number of para-hydroxylation sites is 1. The Morgan fingerprint density at radius 1 is 1.14 bits per heavy atom. The standard InChI is InChI=1S/C15H11ClN2O3/c16-13-3-1-2-4-14(13)17-15(19)10-7-11-5-8-12(9-6-11)18(20)21/h1-10H,(H,17,19)/b10-7+. The molecule has 0 aliphatic rings. The van der Waals surface area contributed by atoms with E-state index in [1.807, 2.05) is 0 Å². The predicted molar refractivity (Wildman–Crippen MR) is 82.2 cm³/mol. The molecule has 0 bridgehead atoms. The number of nitro benzene ring substituents is 1. The molecule has 0 heterocycles. The van der Waals surface area contributed by atoms with Gasteiger partial charge in [0.1, 0.15) is 0 Å². The number of amides is 1. The van der Waals surface area contributed by atoms with Crippen molar-refractivity contribution in [1.29, 1.82) is 0 Å². The van der Waals surface area contributed by atoms with Gasteiger partial charge in [0.2, 0.25) is 5.91 Å². The van der Waals surface area contributed by atoms with Crippen LogP contribution >= 0.6 is 11.6 Å². The normalized spacial score (nSPS) is 10.5. The number of halogens is 1. The van der Waals surface area contributed by atoms with Crippen LogP contribution in [0.1, 0.15) is 5.56 Å². The van der Waals surface area contributed by atoms with Gasteiger partial charge in [0.05, 0.1) is 15.6 Å². The van der Waals surface area contributed by atoms with Gasteiger partial charge in [-0.3, -0.25) is 14.9 Å². The van der Waals surface area contributed by atoms with E-state index in [0.29, 0.717) is 16.3 Å². The third-order valence-corrected chi connectivity index (χ3v) is 2.99. The van der Waals surface area contributed by atoms with Crippen LogP contribution in [0.3, 0.4) is 0 Å². The Bertz CT molecular complexity index is 696. The first-order chi connectivity index (χ1) is 10.1. The molecule has 0 aliphatic heterocycles. The van der Waals surface area contributed by atoms with Gasteiger partial charge in [0.15, 0.2) is 0 Å². The molecule has 0 aliphatic carbocycles. The molecule has 0 atom stereocenters. The highest BCUT2D eigenvalue weighted by molar-refractivity contribution is 6.33. The van der Waals surface area contributed by atoms with Gasteiger partial charge in [-0.2, -0.15) is 0 Å². The van der Waals surface area contributed by atoms with E-state index >= 15 is 0 Å². The van der Waals surface area contributed by atoms with Gasteiger partial charge in [0, 0.05) is 18.2 Å². The average Bonchev–Trinajstić information content (AvgIpc) is 2.48. The summed E-state index contributed by atoms with van der Waals surface area (Å²) in [5, 5.41) is 13.6. The van der Waals surface area contributed by atoms with Crippen molar-refractivity contribution in [2.75, 3.05) is 5.32 Å². The predicted octanol–water partition coefficient (Wildman–Crippen LogP) is 3.90. The molecule has 0 saturated heterocycles. The Hall–Kier alpha value is -2.66. The number of anilines is 1. The molecule has 0 radical (unpaired) electrons. The third kappa shape index (κ3) is 4.15. The molecular weight excluding hydrogens is 292 g/mol. The molecule has 0 aromatic heterocycles. The van der Waals surface area contributed by atoms with Gasteiger partial charge in [-0.15, -0.1) is 0 Å². The molecule has 2 aromatic rings. The van der Waals surface area contributed by atoms with E-state index in [1.54, 1.807) is 42.5 Å². The fourth-order valence-electron chi connectivity index (χ4n) is 1.62. The van der Waals surface area contributed by atoms with Crippen LogP contribution in [0.2, 0.25) is 5.02 Å². The molecule has 106 valence electrons. The molecular formula is C15H11ClN2O3. The van der Waals surface area contributed by atoms with Crippen LogP contribution in [0, 0.1) is 10.1 Å². The van der Waals surface area contributed by atoms with Gasteiger partial charge in [-0.25, -0.2) is 0 Å². The van der Waals surface area contributed by atoms with E-state index in [4.69, 9.17) is 11.6 Å². The fourth-order valence-corrected chi connectivity index (χ4v) is 1.80. The van der Waals surface area contributed by atoms with Crippen molar-refractivity contribution in [2.24, 2.45) is 0 Å². The van der Waals surface area contributed by atoms with Crippen molar-refractivity contribution >= 4 is 35.0 Å². The highest BCUT2D eigenvalue weighted by atomic mass is 35.5. The monoisotopic (exact) mass is 302 g/mol. The van der Waals surface area contributed by atoms with Crippen molar-refractivity contribution in [3.63, 3.8) is 0 Å². The first kappa shape index (κ1) is 14.7. The zero-order valence-electron chi connectivity index (χ0n) is 10.8. The van der Waals surface area contributed by atoms with Crippen molar-refractivity contribution in [2.45, 2.75) is 0 Å². The second-order valence-electron chi connectivity index (χ2n) is 4.15. The van der Waals surface area contributed by atoms with Crippen molar-refractivity contribution < 1.29 is 9.72 Å². The number of nitrogens with one attached hydrogen (secondary N) is 1. The third-order valence-electron chi connectivity index (χ3n) is 2.66. The lowest BCUT2D eigenvalue weighted by molar-refractivity contribution is -0.384. The highest BCUT2D eigenvalue weighted by Crippen LogP contribution is 2.20. The number of carbonyl (C=O) groups is 1. The number of non-ortho nitro benzene ring substituents is 1. The SMILES string of the molecule is O=C(/C=C/c1ccc([N+](=O)[O-])cc1)Nc1ccccc1Cl. The maximum atomic E-state index is 11.7. The molecule has 0 fully saturated rings. The lowest BCUT2D eigenvalue weighted by atomic mass is 10.2. The highest BCUT2D eigenvalue weighted by Gasteiger charge is 2.04. The molecule has 6 heteroatoms. The Morgan fingerprint density at radius 3 is 2.43 bits per heavy atom. The fraction of sp³-hybridized carbons (Fsp3) is 0. The number of rotatable bonds is 4. The summed E-state index contributed by atoms with van der Waals surface area (Å²) in [4.78, 5) is 21.8. The molecule has 2 aromatic carbocycles. The quantitative estimate of drug-likeness (QED) is 0.529. The van der Waals surface area contributed by atoms with Crippen LogP contribution < -0.4 is 5.32 Å². The zero-order valence-corrected chi connectivity index (χ0v) is 11.6.